The molecule has 0 aliphatic rings. The van der Waals surface area contributed by atoms with E-state index in [1.807, 2.05) is 73.7 Å². The first kappa shape index (κ1) is 17.2. The number of halogens is 1. The minimum absolute atomic E-state index is 0.136. The van der Waals surface area contributed by atoms with Gasteiger partial charge in [0.2, 0.25) is 5.91 Å². The van der Waals surface area contributed by atoms with Gasteiger partial charge < -0.3 is 10.6 Å². The number of carbonyl (C=O) groups is 1. The molecule has 0 aliphatic carbocycles. The SMILES string of the molecule is CC(Nc1ccc(Br)cc1)C(=O)Nc1ccc(-c2ccccc2)cn1. The van der Waals surface area contributed by atoms with E-state index in [4.69, 9.17) is 0 Å². The lowest BCUT2D eigenvalue weighted by molar-refractivity contribution is -0.116. The summed E-state index contributed by atoms with van der Waals surface area (Å²) >= 11 is 3.39. The minimum atomic E-state index is -0.378. The van der Waals surface area contributed by atoms with Gasteiger partial charge in [0.05, 0.1) is 0 Å². The molecule has 0 radical (unpaired) electrons. The number of nitrogens with one attached hydrogen (secondary N) is 2. The Morgan fingerprint density at radius 3 is 2.32 bits per heavy atom. The van der Waals surface area contributed by atoms with Crippen LogP contribution < -0.4 is 10.6 Å². The van der Waals surface area contributed by atoms with Gasteiger partial charge in [0.25, 0.3) is 0 Å². The van der Waals surface area contributed by atoms with E-state index in [-0.39, 0.29) is 11.9 Å². The lowest BCUT2D eigenvalue weighted by Crippen LogP contribution is -2.32. The molecule has 3 rings (SSSR count). The molecule has 126 valence electrons. The maximum Gasteiger partial charge on any atom is 0.247 e. The van der Waals surface area contributed by atoms with Crippen LogP contribution in [0.1, 0.15) is 6.92 Å². The van der Waals surface area contributed by atoms with E-state index in [9.17, 15) is 4.79 Å². The third-order valence-corrected chi connectivity index (χ3v) is 4.27. The van der Waals surface area contributed by atoms with Crippen molar-refractivity contribution in [3.05, 3.63) is 77.4 Å². The molecular formula is C20H18BrN3O. The Kier molecular flexibility index (Phi) is 5.46. The quantitative estimate of drug-likeness (QED) is 0.642. The molecule has 2 N–H and O–H groups in total. The van der Waals surface area contributed by atoms with Crippen LogP contribution in [0.15, 0.2) is 77.4 Å². The lowest BCUT2D eigenvalue weighted by Gasteiger charge is -2.15. The van der Waals surface area contributed by atoms with Crippen LogP contribution in [-0.2, 0) is 4.79 Å². The summed E-state index contributed by atoms with van der Waals surface area (Å²) in [6, 6.07) is 21.1. The first-order chi connectivity index (χ1) is 12.1. The molecule has 25 heavy (non-hydrogen) atoms. The summed E-state index contributed by atoms with van der Waals surface area (Å²) in [4.78, 5) is 16.6. The second-order valence-electron chi connectivity index (χ2n) is 5.66. The summed E-state index contributed by atoms with van der Waals surface area (Å²) in [6.45, 7) is 1.82. The molecule has 0 spiro atoms. The smallest absolute Gasteiger partial charge is 0.247 e. The van der Waals surface area contributed by atoms with Gasteiger partial charge in [0, 0.05) is 21.9 Å². The Bertz CT molecular complexity index is 833. The summed E-state index contributed by atoms with van der Waals surface area (Å²) in [7, 11) is 0. The van der Waals surface area contributed by atoms with E-state index >= 15 is 0 Å². The molecule has 0 aliphatic heterocycles. The van der Waals surface area contributed by atoms with Gasteiger partial charge in [-0.25, -0.2) is 4.98 Å². The zero-order chi connectivity index (χ0) is 17.6. The normalized spacial score (nSPS) is 11.6. The molecule has 4 nitrogen and oxygen atoms in total. The van der Waals surface area contributed by atoms with Crippen LogP contribution in [0.2, 0.25) is 0 Å². The van der Waals surface area contributed by atoms with E-state index in [1.165, 1.54) is 0 Å². The van der Waals surface area contributed by atoms with Gasteiger partial charge in [-0.05, 0) is 48.9 Å². The highest BCUT2D eigenvalue weighted by Gasteiger charge is 2.13. The summed E-state index contributed by atoms with van der Waals surface area (Å²) in [5.74, 6) is 0.400. The number of aromatic nitrogens is 1. The van der Waals surface area contributed by atoms with Crippen LogP contribution in [0.5, 0.6) is 0 Å². The zero-order valence-electron chi connectivity index (χ0n) is 13.7. The van der Waals surface area contributed by atoms with Gasteiger partial charge in [-0.3, -0.25) is 4.79 Å². The monoisotopic (exact) mass is 395 g/mol. The molecule has 0 saturated heterocycles. The molecule has 3 aromatic rings. The summed E-state index contributed by atoms with van der Waals surface area (Å²) in [6.07, 6.45) is 1.76. The Morgan fingerprint density at radius 1 is 0.960 bits per heavy atom. The Balaban J connectivity index is 1.61. The molecule has 1 aromatic heterocycles. The largest absolute Gasteiger partial charge is 0.374 e. The van der Waals surface area contributed by atoms with Gasteiger partial charge >= 0.3 is 0 Å². The van der Waals surface area contributed by atoms with Crippen LogP contribution in [0.25, 0.3) is 11.1 Å². The van der Waals surface area contributed by atoms with Crippen molar-refractivity contribution < 1.29 is 4.79 Å². The molecule has 0 bridgehead atoms. The first-order valence-electron chi connectivity index (χ1n) is 7.96. The van der Waals surface area contributed by atoms with E-state index < -0.39 is 0 Å². The number of anilines is 2. The fraction of sp³-hybridized carbons (Fsp3) is 0.100. The van der Waals surface area contributed by atoms with Crippen LogP contribution in [0.4, 0.5) is 11.5 Å². The van der Waals surface area contributed by atoms with Crippen molar-refractivity contribution in [2.24, 2.45) is 0 Å². The molecule has 1 amide bonds. The number of pyridine rings is 1. The first-order valence-corrected chi connectivity index (χ1v) is 8.75. The minimum Gasteiger partial charge on any atom is -0.374 e. The molecule has 1 atom stereocenters. The molecule has 1 unspecified atom stereocenters. The lowest BCUT2D eigenvalue weighted by atomic mass is 10.1. The van der Waals surface area contributed by atoms with Gasteiger partial charge in [0.15, 0.2) is 0 Å². The van der Waals surface area contributed by atoms with Gasteiger partial charge in [-0.15, -0.1) is 0 Å². The van der Waals surface area contributed by atoms with E-state index in [1.54, 1.807) is 6.20 Å². The number of amides is 1. The summed E-state index contributed by atoms with van der Waals surface area (Å²) in [5, 5.41) is 6.00. The Morgan fingerprint density at radius 2 is 1.68 bits per heavy atom. The van der Waals surface area contributed by atoms with Crippen LogP contribution in [0, 0.1) is 0 Å². The highest BCUT2D eigenvalue weighted by atomic mass is 79.9. The standard InChI is InChI=1S/C20H18BrN3O/c1-14(23-18-10-8-17(21)9-11-18)20(25)24-19-12-7-16(13-22-19)15-5-3-2-4-6-15/h2-14,23H,1H3,(H,22,24,25). The van der Waals surface area contributed by atoms with E-state index in [0.717, 1.165) is 21.3 Å². The maximum atomic E-state index is 12.3. The van der Waals surface area contributed by atoms with Crippen molar-refractivity contribution in [2.75, 3.05) is 10.6 Å². The summed E-state index contributed by atoms with van der Waals surface area (Å²) < 4.78 is 0.998. The van der Waals surface area contributed by atoms with Gasteiger partial charge in [-0.2, -0.15) is 0 Å². The van der Waals surface area contributed by atoms with E-state index in [0.29, 0.717) is 5.82 Å². The van der Waals surface area contributed by atoms with Crippen molar-refractivity contribution in [3.8, 4) is 11.1 Å². The number of hydrogen-bond acceptors (Lipinski definition) is 3. The maximum absolute atomic E-state index is 12.3. The Labute approximate surface area is 155 Å². The van der Waals surface area contributed by atoms with E-state index in [2.05, 4.69) is 31.5 Å². The third-order valence-electron chi connectivity index (χ3n) is 3.74. The van der Waals surface area contributed by atoms with Crippen molar-refractivity contribution in [2.45, 2.75) is 13.0 Å². The number of rotatable bonds is 5. The highest BCUT2D eigenvalue weighted by molar-refractivity contribution is 9.10. The van der Waals surface area contributed by atoms with Crippen LogP contribution in [-0.4, -0.2) is 16.9 Å². The fourth-order valence-electron chi connectivity index (χ4n) is 2.37. The molecule has 5 heteroatoms. The average Bonchev–Trinajstić information content (AvgIpc) is 2.65. The van der Waals surface area contributed by atoms with Crippen molar-refractivity contribution in [1.82, 2.24) is 4.98 Å². The number of carbonyl (C=O) groups excluding carboxylic acids is 1. The molecule has 2 aromatic carbocycles. The predicted octanol–water partition coefficient (Wildman–Crippen LogP) is 4.95. The van der Waals surface area contributed by atoms with Crippen molar-refractivity contribution in [1.29, 1.82) is 0 Å². The highest BCUT2D eigenvalue weighted by Crippen LogP contribution is 2.19. The molecule has 0 fully saturated rings. The van der Waals surface area contributed by atoms with Crippen LogP contribution in [0.3, 0.4) is 0 Å². The average molecular weight is 396 g/mol. The number of nitrogens with zero attached hydrogens (tertiary/aromatic N) is 1. The number of hydrogen-bond donors (Lipinski definition) is 2. The predicted molar refractivity (Wildman–Crippen MR) is 106 cm³/mol. The van der Waals surface area contributed by atoms with Crippen molar-refractivity contribution in [3.63, 3.8) is 0 Å². The molecular weight excluding hydrogens is 378 g/mol. The topological polar surface area (TPSA) is 54.0 Å². The van der Waals surface area contributed by atoms with Crippen molar-refractivity contribution >= 4 is 33.3 Å². The number of benzene rings is 2. The van der Waals surface area contributed by atoms with Gasteiger partial charge in [0.1, 0.15) is 11.9 Å². The second kappa shape index (κ2) is 7.94. The van der Waals surface area contributed by atoms with Gasteiger partial charge in [-0.1, -0.05) is 46.3 Å². The Hall–Kier alpha value is -2.66. The fourth-order valence-corrected chi connectivity index (χ4v) is 2.63. The van der Waals surface area contributed by atoms with Crippen LogP contribution >= 0.6 is 15.9 Å². The second-order valence-corrected chi connectivity index (χ2v) is 6.58. The molecule has 1 heterocycles. The summed E-state index contributed by atoms with van der Waals surface area (Å²) in [5.41, 5.74) is 3.00. The zero-order valence-corrected chi connectivity index (χ0v) is 15.3. The molecule has 0 saturated carbocycles. The third kappa shape index (κ3) is 4.67.